The van der Waals surface area contributed by atoms with Crippen LogP contribution in [0.15, 0.2) is 12.1 Å². The smallest absolute Gasteiger partial charge is 0.252 e. The highest BCUT2D eigenvalue weighted by Gasteiger charge is 2.21. The van der Waals surface area contributed by atoms with Crippen LogP contribution in [0.3, 0.4) is 0 Å². The molecule has 3 heteroatoms. The van der Waals surface area contributed by atoms with E-state index in [1.165, 1.54) is 0 Å². The SMILES string of the molecule is Cc1cc(C)c(C(=O)NC(CO)CC(C)(C)C)c(C)c1. The second kappa shape index (κ2) is 6.40. The molecule has 0 radical (unpaired) electrons. The van der Waals surface area contributed by atoms with Crippen LogP contribution in [0.5, 0.6) is 0 Å². The van der Waals surface area contributed by atoms with Crippen LogP contribution in [-0.2, 0) is 0 Å². The van der Waals surface area contributed by atoms with Crippen LogP contribution in [0.25, 0.3) is 0 Å². The van der Waals surface area contributed by atoms with Crippen LogP contribution in [0.1, 0.15) is 54.2 Å². The largest absolute Gasteiger partial charge is 0.394 e. The molecule has 20 heavy (non-hydrogen) atoms. The van der Waals surface area contributed by atoms with E-state index in [4.69, 9.17) is 0 Å². The number of carbonyl (C=O) groups is 1. The predicted molar refractivity (Wildman–Crippen MR) is 83.1 cm³/mol. The Labute approximate surface area is 122 Å². The number of aryl methyl sites for hydroxylation is 3. The topological polar surface area (TPSA) is 49.3 Å². The minimum absolute atomic E-state index is 0.0348. The normalized spacial score (nSPS) is 13.2. The van der Waals surface area contributed by atoms with E-state index in [0.717, 1.165) is 28.7 Å². The Morgan fingerprint density at radius 1 is 1.20 bits per heavy atom. The molecule has 0 saturated carbocycles. The standard InChI is InChI=1S/C17H27NO2/c1-11-7-12(2)15(13(3)8-11)16(20)18-14(10-19)9-17(4,5)6/h7-8,14,19H,9-10H2,1-6H3,(H,18,20). The van der Waals surface area contributed by atoms with Gasteiger partial charge in [0.05, 0.1) is 12.6 Å². The summed E-state index contributed by atoms with van der Waals surface area (Å²) in [6, 6.07) is 3.82. The zero-order valence-electron chi connectivity index (χ0n) is 13.5. The molecule has 0 aliphatic heterocycles. The maximum atomic E-state index is 12.4. The fourth-order valence-corrected chi connectivity index (χ4v) is 2.70. The third kappa shape index (κ3) is 4.64. The van der Waals surface area contributed by atoms with Crippen LogP contribution in [0, 0.1) is 26.2 Å². The minimum Gasteiger partial charge on any atom is -0.394 e. The van der Waals surface area contributed by atoms with Crippen LogP contribution < -0.4 is 5.32 Å². The average Bonchev–Trinajstić information content (AvgIpc) is 2.24. The maximum Gasteiger partial charge on any atom is 0.252 e. The van der Waals surface area contributed by atoms with Crippen molar-refractivity contribution in [3.63, 3.8) is 0 Å². The molecular weight excluding hydrogens is 250 g/mol. The molecule has 1 aromatic rings. The molecule has 112 valence electrons. The number of nitrogens with one attached hydrogen (secondary N) is 1. The Balaban J connectivity index is 2.91. The molecule has 0 aromatic heterocycles. The molecular formula is C17H27NO2. The van der Waals surface area contributed by atoms with Crippen molar-refractivity contribution in [1.29, 1.82) is 0 Å². The molecule has 0 aliphatic rings. The summed E-state index contributed by atoms with van der Waals surface area (Å²) in [6.45, 7) is 12.2. The number of aliphatic hydroxyl groups excluding tert-OH is 1. The third-order valence-corrected chi connectivity index (χ3v) is 3.32. The van der Waals surface area contributed by atoms with Gasteiger partial charge in [-0.05, 0) is 43.7 Å². The molecule has 1 atom stereocenters. The molecule has 2 N–H and O–H groups in total. The van der Waals surface area contributed by atoms with E-state index in [-0.39, 0.29) is 24.0 Å². The van der Waals surface area contributed by atoms with Gasteiger partial charge in [0.1, 0.15) is 0 Å². The van der Waals surface area contributed by atoms with Gasteiger partial charge in [0.15, 0.2) is 0 Å². The number of carbonyl (C=O) groups excluding carboxylic acids is 1. The molecule has 0 heterocycles. The molecule has 1 rings (SSSR count). The monoisotopic (exact) mass is 277 g/mol. The molecule has 0 spiro atoms. The summed E-state index contributed by atoms with van der Waals surface area (Å²) in [5.41, 5.74) is 3.91. The van der Waals surface area contributed by atoms with E-state index in [0.29, 0.717) is 0 Å². The molecule has 0 saturated heterocycles. The van der Waals surface area contributed by atoms with Crippen LogP contribution in [0.2, 0.25) is 0 Å². The lowest BCUT2D eigenvalue weighted by Crippen LogP contribution is -2.40. The zero-order chi connectivity index (χ0) is 15.5. The van der Waals surface area contributed by atoms with Crippen molar-refractivity contribution in [3.8, 4) is 0 Å². The maximum absolute atomic E-state index is 12.4. The lowest BCUT2D eigenvalue weighted by molar-refractivity contribution is 0.0896. The molecule has 1 unspecified atom stereocenters. The molecule has 1 amide bonds. The van der Waals surface area contributed by atoms with Crippen molar-refractivity contribution in [2.75, 3.05) is 6.61 Å². The van der Waals surface area contributed by atoms with Crippen molar-refractivity contribution in [2.45, 2.75) is 54.0 Å². The number of hydrogen-bond donors (Lipinski definition) is 2. The molecule has 0 aliphatic carbocycles. The van der Waals surface area contributed by atoms with E-state index >= 15 is 0 Å². The van der Waals surface area contributed by atoms with E-state index in [1.807, 2.05) is 32.9 Å². The van der Waals surface area contributed by atoms with E-state index in [2.05, 4.69) is 26.1 Å². The van der Waals surface area contributed by atoms with Gasteiger partial charge in [-0.3, -0.25) is 4.79 Å². The zero-order valence-corrected chi connectivity index (χ0v) is 13.5. The summed E-state index contributed by atoms with van der Waals surface area (Å²) in [4.78, 5) is 12.4. The van der Waals surface area contributed by atoms with Gasteiger partial charge in [-0.15, -0.1) is 0 Å². The van der Waals surface area contributed by atoms with Gasteiger partial charge in [0.25, 0.3) is 5.91 Å². The average molecular weight is 277 g/mol. The second-order valence-electron chi connectivity index (χ2n) is 6.89. The fourth-order valence-electron chi connectivity index (χ4n) is 2.70. The fraction of sp³-hybridized carbons (Fsp3) is 0.588. The summed E-state index contributed by atoms with van der Waals surface area (Å²) in [6.07, 6.45) is 0.749. The first kappa shape index (κ1) is 16.7. The summed E-state index contributed by atoms with van der Waals surface area (Å²) >= 11 is 0. The van der Waals surface area contributed by atoms with E-state index in [9.17, 15) is 9.90 Å². The van der Waals surface area contributed by atoms with E-state index in [1.54, 1.807) is 0 Å². The number of aliphatic hydroxyl groups is 1. The van der Waals surface area contributed by atoms with Gasteiger partial charge in [-0.1, -0.05) is 38.5 Å². The minimum atomic E-state index is -0.206. The highest BCUT2D eigenvalue weighted by Crippen LogP contribution is 2.22. The lowest BCUT2D eigenvalue weighted by Gasteiger charge is -2.26. The first-order valence-corrected chi connectivity index (χ1v) is 7.13. The number of hydrogen-bond acceptors (Lipinski definition) is 2. The third-order valence-electron chi connectivity index (χ3n) is 3.32. The summed E-state index contributed by atoms with van der Waals surface area (Å²) < 4.78 is 0. The van der Waals surface area contributed by atoms with Crippen molar-refractivity contribution in [2.24, 2.45) is 5.41 Å². The highest BCUT2D eigenvalue weighted by molar-refractivity contribution is 5.97. The van der Waals surface area contributed by atoms with Gasteiger partial charge in [-0.25, -0.2) is 0 Å². The number of amides is 1. The van der Waals surface area contributed by atoms with Crippen molar-refractivity contribution < 1.29 is 9.90 Å². The Bertz CT molecular complexity index is 463. The lowest BCUT2D eigenvalue weighted by atomic mass is 9.88. The summed E-state index contributed by atoms with van der Waals surface area (Å²) in [7, 11) is 0. The van der Waals surface area contributed by atoms with E-state index < -0.39 is 0 Å². The Morgan fingerprint density at radius 3 is 2.10 bits per heavy atom. The highest BCUT2D eigenvalue weighted by atomic mass is 16.3. The quantitative estimate of drug-likeness (QED) is 0.888. The molecule has 0 bridgehead atoms. The van der Waals surface area contributed by atoms with Crippen LogP contribution in [0.4, 0.5) is 0 Å². The molecule has 3 nitrogen and oxygen atoms in total. The van der Waals surface area contributed by atoms with Crippen molar-refractivity contribution >= 4 is 5.91 Å². The van der Waals surface area contributed by atoms with Gasteiger partial charge in [0.2, 0.25) is 0 Å². The van der Waals surface area contributed by atoms with Crippen LogP contribution >= 0.6 is 0 Å². The van der Waals surface area contributed by atoms with Gasteiger partial charge < -0.3 is 10.4 Å². The second-order valence-corrected chi connectivity index (χ2v) is 6.89. The molecule has 0 fully saturated rings. The van der Waals surface area contributed by atoms with Crippen molar-refractivity contribution in [1.82, 2.24) is 5.32 Å². The Kier molecular flexibility index (Phi) is 5.35. The van der Waals surface area contributed by atoms with Crippen LogP contribution in [-0.4, -0.2) is 23.7 Å². The predicted octanol–water partition coefficient (Wildman–Crippen LogP) is 3.14. The molecule has 1 aromatic carbocycles. The first-order chi connectivity index (χ1) is 9.14. The number of benzene rings is 1. The first-order valence-electron chi connectivity index (χ1n) is 7.13. The van der Waals surface area contributed by atoms with Gasteiger partial charge in [0, 0.05) is 5.56 Å². The summed E-state index contributed by atoms with van der Waals surface area (Å²) in [5.74, 6) is -0.0942. The summed E-state index contributed by atoms with van der Waals surface area (Å²) in [5, 5.41) is 12.4. The number of rotatable bonds is 4. The van der Waals surface area contributed by atoms with Gasteiger partial charge >= 0.3 is 0 Å². The van der Waals surface area contributed by atoms with Gasteiger partial charge in [-0.2, -0.15) is 0 Å². The Morgan fingerprint density at radius 2 is 1.70 bits per heavy atom. The van der Waals surface area contributed by atoms with Crippen molar-refractivity contribution in [3.05, 3.63) is 34.4 Å². The Hall–Kier alpha value is -1.35.